The molecular weight excluding hydrogens is 451 g/mol. The van der Waals surface area contributed by atoms with E-state index in [-0.39, 0.29) is 5.82 Å². The molecule has 0 N–H and O–H groups in total. The normalized spacial score (nSPS) is 12.4. The largest absolute Gasteiger partial charge is 0.206 e. The molecule has 0 unspecified atom stereocenters. The zero-order valence-corrected chi connectivity index (χ0v) is 22.0. The van der Waals surface area contributed by atoms with Crippen molar-refractivity contribution < 1.29 is 4.39 Å². The highest BCUT2D eigenvalue weighted by molar-refractivity contribution is 5.70. The highest BCUT2D eigenvalue weighted by Gasteiger charge is 2.07. The van der Waals surface area contributed by atoms with Gasteiger partial charge < -0.3 is 0 Å². The molecule has 0 aliphatic rings. The number of rotatable bonds is 11. The Bertz CT molecular complexity index is 1300. The number of allylic oxidation sites excluding steroid dienone is 2. The minimum absolute atomic E-state index is 0.165. The minimum Gasteiger partial charge on any atom is -0.206 e. The second-order valence-electron chi connectivity index (χ2n) is 9.87. The van der Waals surface area contributed by atoms with Crippen LogP contribution in [0.3, 0.4) is 0 Å². The van der Waals surface area contributed by atoms with Crippen molar-refractivity contribution in [3.63, 3.8) is 0 Å². The predicted octanol–water partition coefficient (Wildman–Crippen LogP) is 9.64. The van der Waals surface area contributed by atoms with Crippen molar-refractivity contribution in [1.29, 1.82) is 0 Å². The second-order valence-corrected chi connectivity index (χ2v) is 9.87. The molecule has 1 atom stereocenters. The molecule has 0 radical (unpaired) electrons. The van der Waals surface area contributed by atoms with Crippen LogP contribution in [0.15, 0.2) is 109 Å². The van der Waals surface area contributed by atoms with Crippen LogP contribution in [0.2, 0.25) is 0 Å². The van der Waals surface area contributed by atoms with Gasteiger partial charge in [0.05, 0.1) is 0 Å². The second kappa shape index (κ2) is 13.6. The predicted molar refractivity (Wildman–Crippen MR) is 157 cm³/mol. The van der Waals surface area contributed by atoms with Gasteiger partial charge in [-0.1, -0.05) is 122 Å². The summed E-state index contributed by atoms with van der Waals surface area (Å²) in [5.41, 5.74) is 8.07. The third kappa shape index (κ3) is 8.15. The molecule has 0 spiro atoms. The van der Waals surface area contributed by atoms with Crippen LogP contribution < -0.4 is 0 Å². The fraction of sp³-hybridized carbons (Fsp3) is 0.222. The van der Waals surface area contributed by atoms with Gasteiger partial charge in [-0.05, 0) is 84.4 Å². The Morgan fingerprint density at radius 2 is 1.30 bits per heavy atom. The van der Waals surface area contributed by atoms with Crippen LogP contribution >= 0.6 is 0 Å². The quantitative estimate of drug-likeness (QED) is 0.146. The lowest BCUT2D eigenvalue weighted by molar-refractivity contribution is 0.622. The van der Waals surface area contributed by atoms with E-state index < -0.39 is 0 Å². The summed E-state index contributed by atoms with van der Waals surface area (Å²) in [4.78, 5) is 0. The minimum atomic E-state index is -0.165. The van der Waals surface area contributed by atoms with Gasteiger partial charge in [-0.25, -0.2) is 4.39 Å². The maximum Gasteiger partial charge on any atom is 0.130 e. The highest BCUT2D eigenvalue weighted by atomic mass is 19.1. The van der Waals surface area contributed by atoms with Crippen molar-refractivity contribution in [1.82, 2.24) is 0 Å². The smallest absolute Gasteiger partial charge is 0.130 e. The molecule has 0 aliphatic carbocycles. The first-order chi connectivity index (χ1) is 18.1. The number of hydrogen-bond acceptors (Lipinski definition) is 0. The van der Waals surface area contributed by atoms with Gasteiger partial charge in [0.25, 0.3) is 0 Å². The van der Waals surface area contributed by atoms with Gasteiger partial charge in [0.1, 0.15) is 5.82 Å². The van der Waals surface area contributed by atoms with Crippen molar-refractivity contribution in [2.45, 2.75) is 51.9 Å². The summed E-state index contributed by atoms with van der Waals surface area (Å²) in [6.45, 7) is 4.33. The number of halogens is 1. The average Bonchev–Trinajstić information content (AvgIpc) is 2.93. The molecule has 0 saturated heterocycles. The summed E-state index contributed by atoms with van der Waals surface area (Å²) in [6, 6.07) is 33.7. The van der Waals surface area contributed by atoms with Crippen molar-refractivity contribution in [3.05, 3.63) is 154 Å². The van der Waals surface area contributed by atoms with Crippen LogP contribution in [0.4, 0.5) is 4.39 Å². The van der Waals surface area contributed by atoms with Crippen molar-refractivity contribution in [2.24, 2.45) is 0 Å². The summed E-state index contributed by atoms with van der Waals surface area (Å²) >= 11 is 0. The topological polar surface area (TPSA) is 0 Å². The lowest BCUT2D eigenvalue weighted by Gasteiger charge is -2.12. The van der Waals surface area contributed by atoms with E-state index in [9.17, 15) is 4.39 Å². The Kier molecular flexibility index (Phi) is 9.66. The van der Waals surface area contributed by atoms with Gasteiger partial charge in [0, 0.05) is 5.56 Å². The van der Waals surface area contributed by atoms with Crippen LogP contribution in [0.5, 0.6) is 0 Å². The van der Waals surface area contributed by atoms with E-state index in [0.717, 1.165) is 43.2 Å². The summed E-state index contributed by atoms with van der Waals surface area (Å²) in [5.74, 6) is 0.331. The van der Waals surface area contributed by atoms with Gasteiger partial charge in [-0.3, -0.25) is 0 Å². The van der Waals surface area contributed by atoms with Crippen LogP contribution in [0.25, 0.3) is 12.2 Å². The van der Waals surface area contributed by atoms with Gasteiger partial charge in [-0.15, -0.1) is 0 Å². The third-order valence-electron chi connectivity index (χ3n) is 6.97. The Hall–Kier alpha value is -3.71. The first-order valence-electron chi connectivity index (χ1n) is 13.4. The standard InChI is InChI=1S/C36H37F/c1-3-4-6-9-29-12-14-31(15-13-29)22-24-35-25-23-33(27-36(35)37)21-18-30-16-19-32(20-17-30)26-28(2)34-10-7-5-8-11-34/h3-5,7-8,10-17,19-20,22-25,27-28H,6,9,18,21,26H2,1-2H3/t28-/m1/s1. The molecule has 4 rings (SSSR count). The molecule has 0 heterocycles. The SMILES string of the molecule is CC=CCCc1ccc(C=Cc2ccc(CCc3ccc(C[C@@H](C)c4ccccc4)cc3)cc2F)cc1. The molecule has 0 aromatic heterocycles. The van der Waals surface area contributed by atoms with E-state index in [1.165, 1.54) is 22.3 Å². The molecule has 0 bridgehead atoms. The lowest BCUT2D eigenvalue weighted by Crippen LogP contribution is -1.99. The Labute approximate surface area is 222 Å². The van der Waals surface area contributed by atoms with Gasteiger partial charge in [0.15, 0.2) is 0 Å². The van der Waals surface area contributed by atoms with Gasteiger partial charge in [-0.2, -0.15) is 0 Å². The zero-order chi connectivity index (χ0) is 25.9. The van der Waals surface area contributed by atoms with Crippen LogP contribution in [-0.2, 0) is 25.7 Å². The molecule has 37 heavy (non-hydrogen) atoms. The van der Waals surface area contributed by atoms with Crippen molar-refractivity contribution >= 4 is 12.2 Å². The Morgan fingerprint density at radius 1 is 0.676 bits per heavy atom. The van der Waals surface area contributed by atoms with E-state index in [1.54, 1.807) is 6.07 Å². The fourth-order valence-electron chi connectivity index (χ4n) is 4.64. The van der Waals surface area contributed by atoms with E-state index in [0.29, 0.717) is 11.5 Å². The maximum absolute atomic E-state index is 14.8. The monoisotopic (exact) mass is 488 g/mol. The first kappa shape index (κ1) is 26.4. The third-order valence-corrected chi connectivity index (χ3v) is 6.97. The number of hydrogen-bond donors (Lipinski definition) is 0. The highest BCUT2D eigenvalue weighted by Crippen LogP contribution is 2.21. The summed E-state index contributed by atoms with van der Waals surface area (Å²) < 4.78 is 14.8. The Morgan fingerprint density at radius 3 is 2.00 bits per heavy atom. The van der Waals surface area contributed by atoms with Crippen LogP contribution in [-0.4, -0.2) is 0 Å². The van der Waals surface area contributed by atoms with Gasteiger partial charge >= 0.3 is 0 Å². The lowest BCUT2D eigenvalue weighted by atomic mass is 9.93. The molecule has 4 aromatic rings. The summed E-state index contributed by atoms with van der Waals surface area (Å²) in [5, 5.41) is 0. The molecule has 0 fully saturated rings. The Balaban J connectivity index is 1.29. The summed E-state index contributed by atoms with van der Waals surface area (Å²) in [7, 11) is 0. The van der Waals surface area contributed by atoms with E-state index >= 15 is 0 Å². The van der Waals surface area contributed by atoms with Gasteiger partial charge in [0.2, 0.25) is 0 Å². The van der Waals surface area contributed by atoms with Crippen molar-refractivity contribution in [2.75, 3.05) is 0 Å². The molecule has 0 aliphatic heterocycles. The van der Waals surface area contributed by atoms with E-state index in [4.69, 9.17) is 0 Å². The van der Waals surface area contributed by atoms with Crippen LogP contribution in [0, 0.1) is 5.82 Å². The molecule has 188 valence electrons. The van der Waals surface area contributed by atoms with Crippen molar-refractivity contribution in [3.8, 4) is 0 Å². The summed E-state index contributed by atoms with van der Waals surface area (Å²) in [6.07, 6.45) is 13.0. The average molecular weight is 489 g/mol. The molecule has 0 amide bonds. The number of aryl methyl sites for hydroxylation is 3. The molecule has 1 heteroatoms. The maximum atomic E-state index is 14.8. The molecular formula is C36H37F. The van der Waals surface area contributed by atoms with E-state index in [2.05, 4.69) is 97.9 Å². The first-order valence-corrected chi connectivity index (χ1v) is 13.4. The molecule has 0 saturated carbocycles. The molecule has 0 nitrogen and oxygen atoms in total. The zero-order valence-electron chi connectivity index (χ0n) is 22.0. The molecule has 4 aromatic carbocycles. The van der Waals surface area contributed by atoms with E-state index in [1.807, 2.05) is 31.2 Å². The van der Waals surface area contributed by atoms with Crippen LogP contribution in [0.1, 0.15) is 65.1 Å². The fourth-order valence-corrected chi connectivity index (χ4v) is 4.64. The number of benzene rings is 4.